The van der Waals surface area contributed by atoms with E-state index in [0.29, 0.717) is 11.4 Å². The standard InChI is InChI=1S/C11H12BrN3S/c12-11-4-2-8(16-11)6-15-7-1-3-9(13)10(14)5-7/h1-5,15H,6,13-14H2. The fourth-order valence-corrected chi connectivity index (χ4v) is 2.74. The van der Waals surface area contributed by atoms with Gasteiger partial charge in [0.1, 0.15) is 0 Å². The third kappa shape index (κ3) is 2.68. The second kappa shape index (κ2) is 4.76. The van der Waals surface area contributed by atoms with Gasteiger partial charge in [0, 0.05) is 17.1 Å². The number of benzene rings is 1. The molecule has 0 aliphatic heterocycles. The predicted octanol–water partition coefficient (Wildman–Crippen LogP) is 3.29. The zero-order chi connectivity index (χ0) is 11.5. The number of thiophene rings is 1. The summed E-state index contributed by atoms with van der Waals surface area (Å²) in [5.41, 5.74) is 13.6. The van der Waals surface area contributed by atoms with Crippen molar-refractivity contribution in [2.75, 3.05) is 16.8 Å². The molecule has 3 nitrogen and oxygen atoms in total. The van der Waals surface area contributed by atoms with Gasteiger partial charge in [-0.2, -0.15) is 0 Å². The van der Waals surface area contributed by atoms with Crippen LogP contribution in [0.15, 0.2) is 34.1 Å². The predicted molar refractivity (Wildman–Crippen MR) is 74.6 cm³/mol. The molecule has 84 valence electrons. The number of nitrogen functional groups attached to an aromatic ring is 2. The Kier molecular flexibility index (Phi) is 3.36. The normalized spacial score (nSPS) is 10.3. The SMILES string of the molecule is Nc1ccc(NCc2ccc(Br)s2)cc1N. The van der Waals surface area contributed by atoms with Crippen molar-refractivity contribution in [3.05, 3.63) is 39.0 Å². The quantitative estimate of drug-likeness (QED) is 0.762. The second-order valence-electron chi connectivity index (χ2n) is 3.40. The highest BCUT2D eigenvalue weighted by Gasteiger charge is 1.99. The second-order valence-corrected chi connectivity index (χ2v) is 5.95. The maximum atomic E-state index is 5.72. The summed E-state index contributed by atoms with van der Waals surface area (Å²) in [4.78, 5) is 1.27. The monoisotopic (exact) mass is 297 g/mol. The highest BCUT2D eigenvalue weighted by molar-refractivity contribution is 9.11. The van der Waals surface area contributed by atoms with Gasteiger partial charge >= 0.3 is 0 Å². The van der Waals surface area contributed by atoms with Crippen molar-refractivity contribution in [1.29, 1.82) is 0 Å². The summed E-state index contributed by atoms with van der Waals surface area (Å²) in [6, 6.07) is 9.70. The first kappa shape index (κ1) is 11.3. The van der Waals surface area contributed by atoms with E-state index in [9.17, 15) is 0 Å². The molecule has 0 amide bonds. The van der Waals surface area contributed by atoms with Gasteiger partial charge in [0.25, 0.3) is 0 Å². The zero-order valence-electron chi connectivity index (χ0n) is 8.53. The summed E-state index contributed by atoms with van der Waals surface area (Å²) in [5, 5.41) is 3.30. The molecular weight excluding hydrogens is 286 g/mol. The number of nitrogens with two attached hydrogens (primary N) is 2. The van der Waals surface area contributed by atoms with Crippen LogP contribution in [0.25, 0.3) is 0 Å². The van der Waals surface area contributed by atoms with Gasteiger partial charge in [0.2, 0.25) is 0 Å². The third-order valence-corrected chi connectivity index (χ3v) is 3.81. The van der Waals surface area contributed by atoms with Crippen molar-refractivity contribution in [1.82, 2.24) is 0 Å². The van der Waals surface area contributed by atoms with Gasteiger partial charge in [0.05, 0.1) is 15.2 Å². The number of nitrogens with one attached hydrogen (secondary N) is 1. The Morgan fingerprint density at radius 2 is 1.94 bits per heavy atom. The molecule has 5 heteroatoms. The van der Waals surface area contributed by atoms with E-state index in [1.807, 2.05) is 24.3 Å². The molecular formula is C11H12BrN3S. The summed E-state index contributed by atoms with van der Waals surface area (Å²) in [5.74, 6) is 0. The molecule has 1 heterocycles. The smallest absolute Gasteiger partial charge is 0.0702 e. The van der Waals surface area contributed by atoms with Crippen molar-refractivity contribution < 1.29 is 0 Å². The molecule has 1 aromatic heterocycles. The Bertz CT molecular complexity index is 496. The molecule has 0 unspecified atom stereocenters. The van der Waals surface area contributed by atoms with Crippen LogP contribution in [0.2, 0.25) is 0 Å². The molecule has 2 rings (SSSR count). The molecule has 1 aromatic carbocycles. The van der Waals surface area contributed by atoms with Crippen molar-refractivity contribution in [2.45, 2.75) is 6.54 Å². The Morgan fingerprint density at radius 3 is 2.56 bits per heavy atom. The highest BCUT2D eigenvalue weighted by Crippen LogP contribution is 2.24. The molecule has 0 aliphatic carbocycles. The van der Waals surface area contributed by atoms with Crippen LogP contribution in [-0.4, -0.2) is 0 Å². The summed E-state index contributed by atoms with van der Waals surface area (Å²) in [6.45, 7) is 0.791. The van der Waals surface area contributed by atoms with Gasteiger partial charge in [-0.3, -0.25) is 0 Å². The van der Waals surface area contributed by atoms with Crippen LogP contribution in [0.5, 0.6) is 0 Å². The molecule has 0 spiro atoms. The Balaban J connectivity index is 2.02. The number of hydrogen-bond acceptors (Lipinski definition) is 4. The Labute approximate surface area is 107 Å². The highest BCUT2D eigenvalue weighted by atomic mass is 79.9. The molecule has 0 atom stereocenters. The van der Waals surface area contributed by atoms with E-state index < -0.39 is 0 Å². The fraction of sp³-hybridized carbons (Fsp3) is 0.0909. The summed E-state index contributed by atoms with van der Waals surface area (Å²) in [6.07, 6.45) is 0. The van der Waals surface area contributed by atoms with Crippen LogP contribution in [0.3, 0.4) is 0 Å². The van der Waals surface area contributed by atoms with Crippen LogP contribution >= 0.6 is 27.3 Å². The van der Waals surface area contributed by atoms with Crippen LogP contribution in [0, 0.1) is 0 Å². The molecule has 0 saturated heterocycles. The van der Waals surface area contributed by atoms with Crippen LogP contribution in [0.1, 0.15) is 4.88 Å². The topological polar surface area (TPSA) is 64.1 Å². The number of halogens is 1. The van der Waals surface area contributed by atoms with E-state index in [1.54, 1.807) is 11.3 Å². The largest absolute Gasteiger partial charge is 0.397 e. The minimum atomic E-state index is 0.609. The molecule has 2 aromatic rings. The molecule has 5 N–H and O–H groups in total. The summed E-state index contributed by atoms with van der Waals surface area (Å²) in [7, 11) is 0. The summed E-state index contributed by atoms with van der Waals surface area (Å²) >= 11 is 5.15. The average molecular weight is 298 g/mol. The van der Waals surface area contributed by atoms with E-state index in [1.165, 1.54) is 4.88 Å². The number of rotatable bonds is 3. The zero-order valence-corrected chi connectivity index (χ0v) is 10.9. The van der Waals surface area contributed by atoms with E-state index in [2.05, 4.69) is 27.3 Å². The van der Waals surface area contributed by atoms with Crippen LogP contribution in [0.4, 0.5) is 17.1 Å². The lowest BCUT2D eigenvalue weighted by atomic mass is 10.2. The molecule has 0 radical (unpaired) electrons. The van der Waals surface area contributed by atoms with Crippen LogP contribution < -0.4 is 16.8 Å². The maximum absolute atomic E-state index is 5.72. The Hall–Kier alpha value is -1.20. The third-order valence-electron chi connectivity index (χ3n) is 2.18. The first-order chi connectivity index (χ1) is 7.65. The number of hydrogen-bond donors (Lipinski definition) is 3. The average Bonchev–Trinajstić information content (AvgIpc) is 2.66. The number of anilines is 3. The van der Waals surface area contributed by atoms with Gasteiger partial charge in [-0.25, -0.2) is 0 Å². The molecule has 0 saturated carbocycles. The lowest BCUT2D eigenvalue weighted by Gasteiger charge is -2.07. The molecule has 0 bridgehead atoms. The van der Waals surface area contributed by atoms with E-state index >= 15 is 0 Å². The van der Waals surface area contributed by atoms with Crippen molar-refractivity contribution in [2.24, 2.45) is 0 Å². The lowest BCUT2D eigenvalue weighted by Crippen LogP contribution is -2.00. The van der Waals surface area contributed by atoms with Crippen molar-refractivity contribution >= 4 is 44.3 Å². The first-order valence-corrected chi connectivity index (χ1v) is 6.39. The van der Waals surface area contributed by atoms with Gasteiger partial charge in [0.15, 0.2) is 0 Å². The first-order valence-electron chi connectivity index (χ1n) is 4.78. The molecule has 0 aliphatic rings. The van der Waals surface area contributed by atoms with E-state index in [-0.39, 0.29) is 0 Å². The maximum Gasteiger partial charge on any atom is 0.0702 e. The van der Waals surface area contributed by atoms with Gasteiger partial charge in [-0.1, -0.05) is 0 Å². The minimum Gasteiger partial charge on any atom is -0.397 e. The molecule has 0 fully saturated rings. The summed E-state index contributed by atoms with van der Waals surface area (Å²) < 4.78 is 1.14. The fourth-order valence-electron chi connectivity index (χ4n) is 1.32. The lowest BCUT2D eigenvalue weighted by molar-refractivity contribution is 1.19. The van der Waals surface area contributed by atoms with E-state index in [0.717, 1.165) is 16.0 Å². The van der Waals surface area contributed by atoms with Gasteiger partial charge in [-0.05, 0) is 46.3 Å². The van der Waals surface area contributed by atoms with Gasteiger partial charge in [-0.15, -0.1) is 11.3 Å². The molecule has 16 heavy (non-hydrogen) atoms. The van der Waals surface area contributed by atoms with E-state index in [4.69, 9.17) is 11.5 Å². The van der Waals surface area contributed by atoms with Crippen molar-refractivity contribution in [3.8, 4) is 0 Å². The Morgan fingerprint density at radius 1 is 1.12 bits per heavy atom. The minimum absolute atomic E-state index is 0.609. The van der Waals surface area contributed by atoms with Crippen LogP contribution in [-0.2, 0) is 6.54 Å². The van der Waals surface area contributed by atoms with Gasteiger partial charge < -0.3 is 16.8 Å². The van der Waals surface area contributed by atoms with Crippen molar-refractivity contribution in [3.63, 3.8) is 0 Å².